The fourth-order valence-electron chi connectivity index (χ4n) is 4.28. The van der Waals surface area contributed by atoms with E-state index in [1.54, 1.807) is 29.5 Å². The third kappa shape index (κ3) is 5.02. The lowest BCUT2D eigenvalue weighted by Crippen LogP contribution is -2.40. The van der Waals surface area contributed by atoms with E-state index in [-0.39, 0.29) is 36.6 Å². The van der Waals surface area contributed by atoms with E-state index in [1.165, 1.54) is 16.5 Å². The third-order valence-corrected chi connectivity index (χ3v) is 7.00. The van der Waals surface area contributed by atoms with E-state index >= 15 is 0 Å². The van der Waals surface area contributed by atoms with Gasteiger partial charge in [0, 0.05) is 36.7 Å². The Labute approximate surface area is 202 Å². The lowest BCUT2D eigenvalue weighted by Gasteiger charge is -2.33. The van der Waals surface area contributed by atoms with E-state index in [2.05, 4.69) is 39.9 Å². The molecule has 1 aliphatic heterocycles. The number of hydrogen-bond acceptors (Lipinski definition) is 4. The number of carbonyl (C=O) groups is 1. The van der Waals surface area contributed by atoms with Crippen molar-refractivity contribution < 1.29 is 9.18 Å². The van der Waals surface area contributed by atoms with E-state index in [0.717, 1.165) is 42.7 Å². The lowest BCUT2D eigenvalue weighted by molar-refractivity contribution is -0.125. The highest BCUT2D eigenvalue weighted by molar-refractivity contribution is 7.17. The molecule has 0 radical (unpaired) electrons. The fraction of sp³-hybridized carbons (Fsp3) is 0.231. The van der Waals surface area contributed by atoms with Crippen molar-refractivity contribution in [2.24, 2.45) is 5.92 Å². The number of thiophene rings is 1. The molecule has 4 nitrogen and oxygen atoms in total. The maximum Gasteiger partial charge on any atom is 0.223 e. The van der Waals surface area contributed by atoms with Crippen LogP contribution in [0.3, 0.4) is 0 Å². The molecule has 0 bridgehead atoms. The number of carbonyl (C=O) groups excluding carboxylic acids is 1. The van der Waals surface area contributed by atoms with Gasteiger partial charge in [-0.15, -0.1) is 23.7 Å². The molecule has 1 N–H and O–H groups in total. The van der Waals surface area contributed by atoms with Crippen molar-refractivity contribution in [3.63, 3.8) is 0 Å². The Morgan fingerprint density at radius 3 is 2.55 bits per heavy atom. The van der Waals surface area contributed by atoms with Crippen LogP contribution in [0.2, 0.25) is 0 Å². The number of halogens is 2. The maximum absolute atomic E-state index is 13.8. The summed E-state index contributed by atoms with van der Waals surface area (Å²) in [5, 5.41) is 5.00. The van der Waals surface area contributed by atoms with Gasteiger partial charge < -0.3 is 10.2 Å². The largest absolute Gasteiger partial charge is 0.370 e. The Hall–Kier alpha value is -2.96. The summed E-state index contributed by atoms with van der Waals surface area (Å²) in [7, 11) is 0. The Bertz CT molecular complexity index is 1240. The van der Waals surface area contributed by atoms with Crippen molar-refractivity contribution in [2.75, 3.05) is 18.0 Å². The van der Waals surface area contributed by atoms with Gasteiger partial charge in [-0.3, -0.25) is 4.79 Å². The first-order valence-electron chi connectivity index (χ1n) is 10.9. The molecule has 5 rings (SSSR count). The van der Waals surface area contributed by atoms with Crippen LogP contribution in [0.4, 0.5) is 10.1 Å². The third-order valence-electron chi connectivity index (χ3n) is 6.08. The number of benzene rings is 2. The van der Waals surface area contributed by atoms with Gasteiger partial charge in [-0.1, -0.05) is 48.5 Å². The molecule has 0 spiro atoms. The smallest absolute Gasteiger partial charge is 0.223 e. The Morgan fingerprint density at radius 2 is 1.79 bits per heavy atom. The first-order valence-corrected chi connectivity index (χ1v) is 11.8. The van der Waals surface area contributed by atoms with Gasteiger partial charge in [0.1, 0.15) is 5.82 Å². The van der Waals surface area contributed by atoms with Crippen LogP contribution in [0.25, 0.3) is 21.5 Å². The van der Waals surface area contributed by atoms with E-state index in [9.17, 15) is 9.18 Å². The molecular formula is C26H25ClFN3OS. The Kier molecular flexibility index (Phi) is 7.26. The quantitative estimate of drug-likeness (QED) is 0.377. The second-order valence-corrected chi connectivity index (χ2v) is 9.01. The highest BCUT2D eigenvalue weighted by atomic mass is 35.5. The summed E-state index contributed by atoms with van der Waals surface area (Å²) >= 11 is 1.71. The molecule has 0 unspecified atom stereocenters. The number of pyridine rings is 1. The predicted octanol–water partition coefficient (Wildman–Crippen LogP) is 6.06. The van der Waals surface area contributed by atoms with Crippen molar-refractivity contribution >= 4 is 45.6 Å². The number of amides is 1. The summed E-state index contributed by atoms with van der Waals surface area (Å²) in [6.07, 6.45) is 1.55. The maximum atomic E-state index is 13.8. The average Bonchev–Trinajstić information content (AvgIpc) is 3.32. The average molecular weight is 482 g/mol. The standard InChI is InChI=1S/C26H24FN3OS.ClH/c27-21-9-5-4-8-20(21)17-28-26(31)19-10-13-30(14-11-19)24-16-23(18-6-2-1-3-7-18)29-22-12-15-32-25(22)24;/h1-9,12,15-16,19H,10-11,13-14,17H2,(H,28,31);1H. The van der Waals surface area contributed by atoms with Crippen molar-refractivity contribution in [1.29, 1.82) is 0 Å². The van der Waals surface area contributed by atoms with Crippen LogP contribution in [-0.4, -0.2) is 24.0 Å². The number of nitrogens with one attached hydrogen (secondary N) is 1. The molecule has 1 fully saturated rings. The van der Waals surface area contributed by atoms with Crippen LogP contribution in [0.5, 0.6) is 0 Å². The molecule has 1 aliphatic rings. The van der Waals surface area contributed by atoms with Crippen LogP contribution in [0, 0.1) is 11.7 Å². The van der Waals surface area contributed by atoms with Gasteiger partial charge >= 0.3 is 0 Å². The van der Waals surface area contributed by atoms with Crippen LogP contribution >= 0.6 is 23.7 Å². The van der Waals surface area contributed by atoms with Crippen LogP contribution in [0.1, 0.15) is 18.4 Å². The van der Waals surface area contributed by atoms with Gasteiger partial charge in [0.05, 0.1) is 21.6 Å². The van der Waals surface area contributed by atoms with E-state index in [0.29, 0.717) is 5.56 Å². The van der Waals surface area contributed by atoms with Gasteiger partial charge in [-0.05, 0) is 36.4 Å². The Morgan fingerprint density at radius 1 is 1.06 bits per heavy atom. The normalized spacial score (nSPS) is 14.2. The number of nitrogens with zero attached hydrogens (tertiary/aromatic N) is 2. The molecule has 0 aliphatic carbocycles. The molecule has 2 aromatic heterocycles. The van der Waals surface area contributed by atoms with E-state index < -0.39 is 0 Å². The molecule has 170 valence electrons. The summed E-state index contributed by atoms with van der Waals surface area (Å²) in [6.45, 7) is 1.85. The second kappa shape index (κ2) is 10.3. The SMILES string of the molecule is Cl.O=C(NCc1ccccc1F)C1CCN(c2cc(-c3ccccc3)nc3ccsc23)CC1. The number of fused-ring (bicyclic) bond motifs is 1. The molecule has 0 atom stereocenters. The summed E-state index contributed by atoms with van der Waals surface area (Å²) in [4.78, 5) is 19.9. The van der Waals surface area contributed by atoms with Gasteiger partial charge in [0.25, 0.3) is 0 Å². The lowest BCUT2D eigenvalue weighted by atomic mass is 9.95. The van der Waals surface area contributed by atoms with Crippen LogP contribution < -0.4 is 10.2 Å². The molecule has 2 aromatic carbocycles. The fourth-order valence-corrected chi connectivity index (χ4v) is 5.16. The number of piperidine rings is 1. The first kappa shape index (κ1) is 23.2. The van der Waals surface area contributed by atoms with E-state index in [1.807, 2.05) is 18.2 Å². The minimum Gasteiger partial charge on any atom is -0.370 e. The first-order chi connectivity index (χ1) is 15.7. The molecule has 1 amide bonds. The molecule has 0 saturated carbocycles. The van der Waals surface area contributed by atoms with Crippen LogP contribution in [0.15, 0.2) is 72.1 Å². The molecular weight excluding hydrogens is 457 g/mol. The molecule has 1 saturated heterocycles. The van der Waals surface area contributed by atoms with Crippen molar-refractivity contribution in [2.45, 2.75) is 19.4 Å². The molecule has 7 heteroatoms. The summed E-state index contributed by atoms with van der Waals surface area (Å²) in [5.74, 6) is -0.323. The van der Waals surface area contributed by atoms with Crippen molar-refractivity contribution in [3.8, 4) is 11.3 Å². The van der Waals surface area contributed by atoms with Gasteiger partial charge in [-0.25, -0.2) is 9.37 Å². The molecule has 3 heterocycles. The van der Waals surface area contributed by atoms with Crippen molar-refractivity contribution in [3.05, 3.63) is 83.5 Å². The highest BCUT2D eigenvalue weighted by Gasteiger charge is 2.26. The topological polar surface area (TPSA) is 45.2 Å². The zero-order valence-corrected chi connectivity index (χ0v) is 19.7. The summed E-state index contributed by atoms with van der Waals surface area (Å²) in [6, 6.07) is 21.0. The summed E-state index contributed by atoms with van der Waals surface area (Å²) in [5.41, 5.74) is 4.79. The second-order valence-electron chi connectivity index (χ2n) is 8.10. The van der Waals surface area contributed by atoms with Gasteiger partial charge in [0.2, 0.25) is 5.91 Å². The van der Waals surface area contributed by atoms with Crippen molar-refractivity contribution in [1.82, 2.24) is 10.3 Å². The van der Waals surface area contributed by atoms with E-state index in [4.69, 9.17) is 4.98 Å². The monoisotopic (exact) mass is 481 g/mol. The minimum absolute atomic E-state index is 0. The van der Waals surface area contributed by atoms with Crippen LogP contribution in [-0.2, 0) is 11.3 Å². The number of aromatic nitrogens is 1. The Balaban J connectivity index is 0.00000259. The number of anilines is 1. The summed E-state index contributed by atoms with van der Waals surface area (Å²) < 4.78 is 15.0. The minimum atomic E-state index is -0.283. The number of hydrogen-bond donors (Lipinski definition) is 1. The number of rotatable bonds is 5. The zero-order valence-electron chi connectivity index (χ0n) is 18.0. The highest BCUT2D eigenvalue weighted by Crippen LogP contribution is 2.36. The molecule has 4 aromatic rings. The van der Waals surface area contributed by atoms with Gasteiger partial charge in [0.15, 0.2) is 0 Å². The predicted molar refractivity (Wildman–Crippen MR) is 135 cm³/mol. The van der Waals surface area contributed by atoms with Gasteiger partial charge in [-0.2, -0.15) is 0 Å². The zero-order chi connectivity index (χ0) is 21.9. The molecule has 33 heavy (non-hydrogen) atoms.